The van der Waals surface area contributed by atoms with Gasteiger partial charge in [-0.05, 0) is 20.8 Å². The van der Waals surface area contributed by atoms with E-state index in [9.17, 15) is 0 Å². The van der Waals surface area contributed by atoms with Crippen LogP contribution in [0.5, 0.6) is 0 Å². The largest absolute Gasteiger partial charge is 0.369 e. The summed E-state index contributed by atoms with van der Waals surface area (Å²) in [6.45, 7) is 7.32. The molecule has 0 aliphatic heterocycles. The number of amidine groups is 1. The van der Waals surface area contributed by atoms with Crippen molar-refractivity contribution in [1.82, 2.24) is 5.32 Å². The van der Waals surface area contributed by atoms with E-state index in [0.29, 0.717) is 25.6 Å². The van der Waals surface area contributed by atoms with Crippen LogP contribution in [0.25, 0.3) is 0 Å². The van der Waals surface area contributed by atoms with Gasteiger partial charge in [-0.1, -0.05) is 0 Å². The Bertz CT molecular complexity index is 122. The van der Waals surface area contributed by atoms with Crippen LogP contribution in [0.3, 0.4) is 0 Å². The minimum atomic E-state index is -0.236. The highest BCUT2D eigenvalue weighted by Gasteiger charge is 2.06. The molecule has 0 saturated carbocycles. The first-order valence-corrected chi connectivity index (χ1v) is 4.22. The maximum Gasteiger partial charge on any atom is 0.174 e. The molecular weight excluding hydrogens is 156 g/mol. The lowest BCUT2D eigenvalue weighted by atomic mass is 10.5. The van der Waals surface area contributed by atoms with Gasteiger partial charge < -0.3 is 14.8 Å². The van der Waals surface area contributed by atoms with Crippen molar-refractivity contribution in [3.8, 4) is 0 Å². The zero-order chi connectivity index (χ0) is 9.40. The predicted octanol–water partition coefficient (Wildman–Crippen LogP) is 0.972. The second kappa shape index (κ2) is 7.06. The molecule has 0 bridgehead atoms. The van der Waals surface area contributed by atoms with Gasteiger partial charge in [0.1, 0.15) is 0 Å². The second-order valence-corrected chi connectivity index (χ2v) is 2.35. The van der Waals surface area contributed by atoms with Crippen LogP contribution in [0.15, 0.2) is 0 Å². The summed E-state index contributed by atoms with van der Waals surface area (Å²) in [5.41, 5.74) is 0. The molecule has 0 amide bonds. The smallest absolute Gasteiger partial charge is 0.174 e. The Hall–Kier alpha value is -0.610. The Morgan fingerprint density at radius 3 is 2.17 bits per heavy atom. The minimum absolute atomic E-state index is 0.236. The van der Waals surface area contributed by atoms with E-state index >= 15 is 0 Å². The van der Waals surface area contributed by atoms with E-state index in [1.54, 1.807) is 6.92 Å². The molecule has 72 valence electrons. The molecule has 4 nitrogen and oxygen atoms in total. The van der Waals surface area contributed by atoms with Gasteiger partial charge in [-0.25, -0.2) is 0 Å². The van der Waals surface area contributed by atoms with Crippen LogP contribution < -0.4 is 5.32 Å². The topological polar surface area (TPSA) is 54.3 Å². The van der Waals surface area contributed by atoms with Crippen molar-refractivity contribution < 1.29 is 9.47 Å². The molecule has 4 heteroatoms. The summed E-state index contributed by atoms with van der Waals surface area (Å²) in [7, 11) is 0. The van der Waals surface area contributed by atoms with Crippen LogP contribution in [0, 0.1) is 5.41 Å². The van der Waals surface area contributed by atoms with Crippen molar-refractivity contribution in [2.75, 3.05) is 19.8 Å². The zero-order valence-electron chi connectivity index (χ0n) is 8.02. The number of nitrogens with one attached hydrogen (secondary N) is 2. The zero-order valence-corrected chi connectivity index (χ0v) is 8.02. The van der Waals surface area contributed by atoms with Gasteiger partial charge in [-0.2, -0.15) is 0 Å². The number of rotatable bonds is 6. The van der Waals surface area contributed by atoms with Crippen molar-refractivity contribution in [3.05, 3.63) is 0 Å². The Morgan fingerprint density at radius 1 is 1.33 bits per heavy atom. The summed E-state index contributed by atoms with van der Waals surface area (Å²) in [4.78, 5) is 0. The Morgan fingerprint density at radius 2 is 1.83 bits per heavy atom. The van der Waals surface area contributed by atoms with Crippen molar-refractivity contribution in [1.29, 1.82) is 5.41 Å². The summed E-state index contributed by atoms with van der Waals surface area (Å²) in [5.74, 6) is 0.430. The maximum absolute atomic E-state index is 7.13. The fraction of sp³-hybridized carbons (Fsp3) is 0.875. The third kappa shape index (κ3) is 6.12. The lowest BCUT2D eigenvalue weighted by Crippen LogP contribution is -2.33. The Balaban J connectivity index is 3.54. The van der Waals surface area contributed by atoms with Crippen LogP contribution >= 0.6 is 0 Å². The van der Waals surface area contributed by atoms with E-state index < -0.39 is 0 Å². The molecule has 0 rings (SSSR count). The lowest BCUT2D eigenvalue weighted by Gasteiger charge is -2.17. The highest BCUT2D eigenvalue weighted by Crippen LogP contribution is 1.92. The molecular formula is C8H18N2O2. The quantitative estimate of drug-likeness (QED) is 0.358. The van der Waals surface area contributed by atoms with Gasteiger partial charge in [0, 0.05) is 13.2 Å². The third-order valence-electron chi connectivity index (χ3n) is 1.24. The highest BCUT2D eigenvalue weighted by atomic mass is 16.7. The van der Waals surface area contributed by atoms with Crippen molar-refractivity contribution in [3.63, 3.8) is 0 Å². The molecule has 0 heterocycles. The standard InChI is InChI=1S/C8H18N2O2/c1-4-11-8(12-5-2)6-10-7(3)9/h8H,4-6H2,1-3H3,(H2,9,10). The van der Waals surface area contributed by atoms with Crippen LogP contribution in [0.4, 0.5) is 0 Å². The van der Waals surface area contributed by atoms with Crippen molar-refractivity contribution >= 4 is 5.84 Å². The third-order valence-corrected chi connectivity index (χ3v) is 1.24. The molecule has 0 aromatic heterocycles. The fourth-order valence-corrected chi connectivity index (χ4v) is 0.774. The summed E-state index contributed by atoms with van der Waals surface area (Å²) in [6.07, 6.45) is -0.236. The molecule has 0 atom stereocenters. The number of hydrogen-bond donors (Lipinski definition) is 2. The molecule has 0 aliphatic rings. The van der Waals surface area contributed by atoms with Gasteiger partial charge >= 0.3 is 0 Å². The Labute approximate surface area is 73.8 Å². The van der Waals surface area contributed by atoms with Crippen molar-refractivity contribution in [2.45, 2.75) is 27.1 Å². The first-order valence-electron chi connectivity index (χ1n) is 4.22. The summed E-state index contributed by atoms with van der Waals surface area (Å²) < 4.78 is 10.5. The number of hydrogen-bond acceptors (Lipinski definition) is 3. The summed E-state index contributed by atoms with van der Waals surface area (Å²) >= 11 is 0. The van der Waals surface area contributed by atoms with Gasteiger partial charge in [-0.3, -0.25) is 5.41 Å². The first kappa shape index (κ1) is 11.4. The van der Waals surface area contributed by atoms with Crippen LogP contribution in [0.2, 0.25) is 0 Å². The highest BCUT2D eigenvalue weighted by molar-refractivity contribution is 5.75. The fourth-order valence-electron chi connectivity index (χ4n) is 0.774. The molecule has 0 aliphatic carbocycles. The average Bonchev–Trinajstić information content (AvgIpc) is 2.01. The molecule has 2 N–H and O–H groups in total. The van der Waals surface area contributed by atoms with E-state index in [-0.39, 0.29) is 6.29 Å². The lowest BCUT2D eigenvalue weighted by molar-refractivity contribution is -0.131. The molecule has 0 unspecified atom stereocenters. The minimum Gasteiger partial charge on any atom is -0.369 e. The number of ether oxygens (including phenoxy) is 2. The molecule has 12 heavy (non-hydrogen) atoms. The van der Waals surface area contributed by atoms with Gasteiger partial charge in [-0.15, -0.1) is 0 Å². The molecule has 0 saturated heterocycles. The van der Waals surface area contributed by atoms with Gasteiger partial charge in [0.05, 0.1) is 12.4 Å². The van der Waals surface area contributed by atoms with Gasteiger partial charge in [0.15, 0.2) is 6.29 Å². The molecule has 0 fully saturated rings. The van der Waals surface area contributed by atoms with Gasteiger partial charge in [0.2, 0.25) is 0 Å². The van der Waals surface area contributed by atoms with Gasteiger partial charge in [0.25, 0.3) is 0 Å². The van der Waals surface area contributed by atoms with Crippen molar-refractivity contribution in [2.24, 2.45) is 0 Å². The van der Waals surface area contributed by atoms with Crippen LogP contribution in [-0.2, 0) is 9.47 Å². The van der Waals surface area contributed by atoms with E-state index in [4.69, 9.17) is 14.9 Å². The van der Waals surface area contributed by atoms with E-state index in [1.165, 1.54) is 0 Å². The predicted molar refractivity (Wildman–Crippen MR) is 48.4 cm³/mol. The molecule has 0 radical (unpaired) electrons. The summed E-state index contributed by atoms with van der Waals surface area (Å²) in [5, 5.41) is 9.98. The second-order valence-electron chi connectivity index (χ2n) is 2.35. The summed E-state index contributed by atoms with van der Waals surface area (Å²) in [6, 6.07) is 0. The first-order chi connectivity index (χ1) is 5.70. The average molecular weight is 174 g/mol. The molecule has 0 spiro atoms. The monoisotopic (exact) mass is 174 g/mol. The van der Waals surface area contributed by atoms with Crippen LogP contribution in [0.1, 0.15) is 20.8 Å². The normalized spacial score (nSPS) is 10.3. The SMILES string of the molecule is CCOC(CNC(C)=N)OCC. The molecule has 0 aromatic rings. The Kier molecular flexibility index (Phi) is 6.70. The van der Waals surface area contributed by atoms with E-state index in [0.717, 1.165) is 0 Å². The van der Waals surface area contributed by atoms with E-state index in [1.807, 2.05) is 13.8 Å². The maximum atomic E-state index is 7.13. The van der Waals surface area contributed by atoms with Crippen LogP contribution in [-0.4, -0.2) is 31.9 Å². The van der Waals surface area contributed by atoms with E-state index in [2.05, 4.69) is 5.32 Å². The molecule has 0 aromatic carbocycles.